The first-order chi connectivity index (χ1) is 8.87. The number of amides is 1. The maximum Gasteiger partial charge on any atom is 0.240 e. The van der Waals surface area contributed by atoms with Crippen LogP contribution in [0.1, 0.15) is 40.5 Å². The van der Waals surface area contributed by atoms with Crippen molar-refractivity contribution < 1.29 is 9.53 Å². The minimum absolute atomic E-state index is 0. The summed E-state index contributed by atoms with van der Waals surface area (Å²) in [4.78, 5) is 14.5. The summed E-state index contributed by atoms with van der Waals surface area (Å²) in [7, 11) is 0. The highest BCUT2D eigenvalue weighted by atomic mass is 35.5. The van der Waals surface area contributed by atoms with Gasteiger partial charge in [0.05, 0.1) is 5.54 Å². The quantitative estimate of drug-likeness (QED) is 0.768. The Labute approximate surface area is 141 Å². The Morgan fingerprint density at radius 3 is 2.10 bits per heavy atom. The Balaban J connectivity index is 0. The molecule has 21 heavy (non-hydrogen) atoms. The molecule has 0 aromatic carbocycles. The lowest BCUT2D eigenvalue weighted by Crippen LogP contribution is -2.57. The van der Waals surface area contributed by atoms with Gasteiger partial charge in [0, 0.05) is 38.4 Å². The van der Waals surface area contributed by atoms with Crippen molar-refractivity contribution in [3.05, 3.63) is 0 Å². The van der Waals surface area contributed by atoms with Crippen LogP contribution in [0.3, 0.4) is 0 Å². The molecule has 0 aromatic rings. The number of nitrogens with one attached hydrogen (secondary N) is 1. The number of hydrogen-bond acceptors (Lipinski definition) is 4. The molecule has 1 rings (SSSR count). The molecule has 0 radical (unpaired) electrons. The van der Waals surface area contributed by atoms with Gasteiger partial charge in [-0.1, -0.05) is 0 Å². The molecule has 0 bridgehead atoms. The van der Waals surface area contributed by atoms with Gasteiger partial charge in [0.1, 0.15) is 0 Å². The van der Waals surface area contributed by atoms with E-state index in [2.05, 4.69) is 37.9 Å². The number of carbonyl (C=O) groups is 1. The van der Waals surface area contributed by atoms with E-state index in [0.29, 0.717) is 44.7 Å². The fourth-order valence-corrected chi connectivity index (χ4v) is 2.55. The average Bonchev–Trinajstić information content (AvgIpc) is 2.34. The summed E-state index contributed by atoms with van der Waals surface area (Å²) in [6.45, 7) is 11.3. The van der Waals surface area contributed by atoms with Crippen molar-refractivity contribution in [2.24, 2.45) is 5.73 Å². The van der Waals surface area contributed by atoms with Gasteiger partial charge >= 0.3 is 0 Å². The molecule has 0 aliphatic carbocycles. The molecule has 0 spiro atoms. The molecule has 0 aromatic heterocycles. The summed E-state index contributed by atoms with van der Waals surface area (Å²) in [5, 5.41) is 2.97. The van der Waals surface area contributed by atoms with Gasteiger partial charge in [-0.3, -0.25) is 9.69 Å². The molecule has 7 heteroatoms. The number of hydrogen-bond donors (Lipinski definition) is 2. The van der Waals surface area contributed by atoms with E-state index in [1.54, 1.807) is 0 Å². The van der Waals surface area contributed by atoms with E-state index in [-0.39, 0.29) is 30.7 Å². The molecule has 128 valence electrons. The predicted molar refractivity (Wildman–Crippen MR) is 91.5 cm³/mol. The Morgan fingerprint density at radius 1 is 1.19 bits per heavy atom. The van der Waals surface area contributed by atoms with Crippen LogP contribution in [0, 0.1) is 0 Å². The minimum atomic E-state index is -0.737. The molecule has 0 atom stereocenters. The van der Waals surface area contributed by atoms with E-state index >= 15 is 0 Å². The zero-order chi connectivity index (χ0) is 14.5. The van der Waals surface area contributed by atoms with Gasteiger partial charge in [0.2, 0.25) is 5.91 Å². The third kappa shape index (κ3) is 7.15. The summed E-state index contributed by atoms with van der Waals surface area (Å²) >= 11 is 0. The zero-order valence-corrected chi connectivity index (χ0v) is 15.2. The Kier molecular flexibility index (Phi) is 11.7. The van der Waals surface area contributed by atoms with E-state index in [0.717, 1.165) is 6.54 Å². The maximum atomic E-state index is 12.1. The number of carbonyl (C=O) groups excluding carboxylic acids is 1. The third-order valence-corrected chi connectivity index (χ3v) is 3.82. The highest BCUT2D eigenvalue weighted by Crippen LogP contribution is 2.17. The molecule has 0 unspecified atom stereocenters. The molecular weight excluding hydrogens is 313 g/mol. The van der Waals surface area contributed by atoms with Crippen LogP contribution in [0.2, 0.25) is 0 Å². The highest BCUT2D eigenvalue weighted by Gasteiger charge is 2.35. The third-order valence-electron chi connectivity index (χ3n) is 3.82. The molecule has 0 saturated carbocycles. The molecule has 1 saturated heterocycles. The van der Waals surface area contributed by atoms with Crippen molar-refractivity contribution in [1.82, 2.24) is 10.2 Å². The number of ether oxygens (including phenoxy) is 1. The van der Waals surface area contributed by atoms with Crippen LogP contribution in [0.5, 0.6) is 0 Å². The summed E-state index contributed by atoms with van der Waals surface area (Å²) in [5.74, 6) is -0.0386. The van der Waals surface area contributed by atoms with Crippen molar-refractivity contribution in [3.63, 3.8) is 0 Å². The van der Waals surface area contributed by atoms with Crippen LogP contribution in [-0.4, -0.2) is 54.7 Å². The summed E-state index contributed by atoms with van der Waals surface area (Å²) in [6, 6.07) is 0.957. The number of rotatable bonds is 6. The van der Waals surface area contributed by atoms with E-state index in [4.69, 9.17) is 10.5 Å². The zero-order valence-electron chi connectivity index (χ0n) is 13.6. The fourth-order valence-electron chi connectivity index (χ4n) is 2.55. The van der Waals surface area contributed by atoms with Gasteiger partial charge in [-0.2, -0.15) is 0 Å². The van der Waals surface area contributed by atoms with E-state index in [9.17, 15) is 4.79 Å². The normalized spacial score (nSPS) is 17.3. The molecule has 1 aliphatic heterocycles. The summed E-state index contributed by atoms with van der Waals surface area (Å²) in [5.41, 5.74) is 5.40. The lowest BCUT2D eigenvalue weighted by atomic mass is 9.90. The number of nitrogens with zero attached hydrogens (tertiary/aromatic N) is 1. The molecular formula is C14H31Cl2N3O2. The van der Waals surface area contributed by atoms with Gasteiger partial charge in [-0.15, -0.1) is 24.8 Å². The number of nitrogens with two attached hydrogens (primary N) is 1. The van der Waals surface area contributed by atoms with Gasteiger partial charge in [0.25, 0.3) is 0 Å². The van der Waals surface area contributed by atoms with Crippen molar-refractivity contribution in [2.45, 2.75) is 58.2 Å². The standard InChI is InChI=1S/C14H29N3O2.2ClH/c1-11(2)17(12(3)4)8-7-16-13(18)14(15)5-9-19-10-6-14;;/h11-12H,5-10,15H2,1-4H3,(H,16,18);2*1H. The van der Waals surface area contributed by atoms with Crippen molar-refractivity contribution in [3.8, 4) is 0 Å². The maximum absolute atomic E-state index is 12.1. The molecule has 5 nitrogen and oxygen atoms in total. The largest absolute Gasteiger partial charge is 0.381 e. The van der Waals surface area contributed by atoms with Crippen LogP contribution >= 0.6 is 24.8 Å². The van der Waals surface area contributed by atoms with Crippen LogP contribution in [0.4, 0.5) is 0 Å². The summed E-state index contributed by atoms with van der Waals surface area (Å²) in [6.07, 6.45) is 1.22. The Hall–Kier alpha value is -0.0700. The Morgan fingerprint density at radius 2 is 1.67 bits per heavy atom. The molecule has 1 aliphatic rings. The lowest BCUT2D eigenvalue weighted by Gasteiger charge is -2.33. The van der Waals surface area contributed by atoms with Crippen molar-refractivity contribution >= 4 is 30.7 Å². The molecule has 3 N–H and O–H groups in total. The molecule has 1 heterocycles. The van der Waals surface area contributed by atoms with Gasteiger partial charge in [-0.25, -0.2) is 0 Å². The van der Waals surface area contributed by atoms with Gasteiger partial charge in [0.15, 0.2) is 0 Å². The molecule has 1 amide bonds. The highest BCUT2D eigenvalue weighted by molar-refractivity contribution is 5.86. The van der Waals surface area contributed by atoms with Crippen LogP contribution in [0.15, 0.2) is 0 Å². The van der Waals surface area contributed by atoms with Crippen LogP contribution in [0.25, 0.3) is 0 Å². The smallest absolute Gasteiger partial charge is 0.240 e. The first kappa shape index (κ1) is 23.2. The van der Waals surface area contributed by atoms with Crippen LogP contribution < -0.4 is 11.1 Å². The predicted octanol–water partition coefficient (Wildman–Crippen LogP) is 1.57. The average molecular weight is 344 g/mol. The fraction of sp³-hybridized carbons (Fsp3) is 0.929. The van der Waals surface area contributed by atoms with E-state index < -0.39 is 5.54 Å². The molecule has 1 fully saturated rings. The Bertz CT molecular complexity index is 288. The van der Waals surface area contributed by atoms with Crippen molar-refractivity contribution in [1.29, 1.82) is 0 Å². The number of halogens is 2. The summed E-state index contributed by atoms with van der Waals surface area (Å²) < 4.78 is 5.25. The second kappa shape index (κ2) is 10.6. The second-order valence-corrected chi connectivity index (χ2v) is 5.95. The first-order valence-corrected chi connectivity index (χ1v) is 7.27. The minimum Gasteiger partial charge on any atom is -0.381 e. The van der Waals surface area contributed by atoms with Crippen LogP contribution in [-0.2, 0) is 9.53 Å². The lowest BCUT2D eigenvalue weighted by molar-refractivity contribution is -0.129. The van der Waals surface area contributed by atoms with Gasteiger partial charge < -0.3 is 15.8 Å². The van der Waals surface area contributed by atoms with E-state index in [1.807, 2.05) is 0 Å². The van der Waals surface area contributed by atoms with Gasteiger partial charge in [-0.05, 0) is 40.5 Å². The van der Waals surface area contributed by atoms with E-state index in [1.165, 1.54) is 0 Å². The second-order valence-electron chi connectivity index (χ2n) is 5.95. The van der Waals surface area contributed by atoms with Crippen molar-refractivity contribution in [2.75, 3.05) is 26.3 Å². The first-order valence-electron chi connectivity index (χ1n) is 7.27. The SMILES string of the molecule is CC(C)N(CCNC(=O)C1(N)CCOCC1)C(C)C.Cl.Cl. The monoisotopic (exact) mass is 343 g/mol. The topological polar surface area (TPSA) is 67.6 Å².